The van der Waals surface area contributed by atoms with Crippen molar-refractivity contribution < 1.29 is 14.3 Å². The molecular weight excluding hydrogens is 364 g/mol. The number of nitrogens with one attached hydrogen (secondary N) is 1. The molecule has 1 fully saturated rings. The number of rotatable bonds is 6. The van der Waals surface area contributed by atoms with Gasteiger partial charge in [-0.05, 0) is 67.1 Å². The Morgan fingerprint density at radius 1 is 1.07 bits per heavy atom. The van der Waals surface area contributed by atoms with Crippen LogP contribution in [0.1, 0.15) is 54.3 Å². The van der Waals surface area contributed by atoms with E-state index in [-0.39, 0.29) is 11.8 Å². The number of carbonyl (C=O) groups excluding carboxylic acids is 2. The number of hydrogen-bond acceptors (Lipinski definition) is 3. The van der Waals surface area contributed by atoms with Crippen molar-refractivity contribution in [2.45, 2.75) is 33.6 Å². The van der Waals surface area contributed by atoms with Crippen LogP contribution in [0.2, 0.25) is 0 Å². The first kappa shape index (κ1) is 20.9. The van der Waals surface area contributed by atoms with Crippen LogP contribution in [0.15, 0.2) is 48.5 Å². The second-order valence-corrected chi connectivity index (χ2v) is 8.24. The molecule has 0 saturated carbocycles. The van der Waals surface area contributed by atoms with E-state index in [2.05, 4.69) is 26.1 Å². The van der Waals surface area contributed by atoms with Crippen molar-refractivity contribution in [1.82, 2.24) is 4.90 Å². The van der Waals surface area contributed by atoms with E-state index in [4.69, 9.17) is 4.74 Å². The molecule has 0 bridgehead atoms. The Bertz CT molecular complexity index is 837. The monoisotopic (exact) mass is 394 g/mol. The van der Waals surface area contributed by atoms with Gasteiger partial charge in [0.1, 0.15) is 5.75 Å². The molecule has 0 radical (unpaired) electrons. The second-order valence-electron chi connectivity index (χ2n) is 8.24. The van der Waals surface area contributed by atoms with Crippen molar-refractivity contribution in [1.29, 1.82) is 0 Å². The first-order valence-electron chi connectivity index (χ1n) is 10.4. The van der Waals surface area contributed by atoms with Crippen molar-refractivity contribution in [2.24, 2.45) is 11.8 Å². The molecule has 0 aromatic heterocycles. The molecule has 1 N–H and O–H groups in total. The lowest BCUT2D eigenvalue weighted by Crippen LogP contribution is -2.37. The van der Waals surface area contributed by atoms with Gasteiger partial charge in [-0.3, -0.25) is 9.59 Å². The number of nitrogens with zero attached hydrogens (tertiary/aromatic N) is 1. The summed E-state index contributed by atoms with van der Waals surface area (Å²) in [7, 11) is 0. The van der Waals surface area contributed by atoms with Gasteiger partial charge in [-0.25, -0.2) is 0 Å². The molecule has 0 unspecified atom stereocenters. The predicted molar refractivity (Wildman–Crippen MR) is 115 cm³/mol. The summed E-state index contributed by atoms with van der Waals surface area (Å²) in [6.45, 7) is 8.62. The number of carbonyl (C=O) groups is 2. The molecular formula is C24H30N2O3. The van der Waals surface area contributed by atoms with Gasteiger partial charge in [0.15, 0.2) is 0 Å². The van der Waals surface area contributed by atoms with Gasteiger partial charge in [0.05, 0.1) is 6.61 Å². The minimum atomic E-state index is -0.205. The van der Waals surface area contributed by atoms with Gasteiger partial charge in [0, 0.05) is 29.9 Å². The highest BCUT2D eigenvalue weighted by molar-refractivity contribution is 6.04. The average Bonchev–Trinajstić information content (AvgIpc) is 2.73. The number of likely N-dealkylation sites (tertiary alicyclic amines) is 1. The fraction of sp³-hybridized carbons (Fsp3) is 0.417. The van der Waals surface area contributed by atoms with Gasteiger partial charge in [-0.2, -0.15) is 0 Å². The normalized spacial score (nSPS) is 14.7. The maximum Gasteiger partial charge on any atom is 0.255 e. The summed E-state index contributed by atoms with van der Waals surface area (Å²) in [4.78, 5) is 27.1. The van der Waals surface area contributed by atoms with Crippen LogP contribution in [0.3, 0.4) is 0 Å². The summed E-state index contributed by atoms with van der Waals surface area (Å²) < 4.78 is 5.69. The summed E-state index contributed by atoms with van der Waals surface area (Å²) in [5.41, 5.74) is 1.85. The zero-order valence-corrected chi connectivity index (χ0v) is 17.5. The Hall–Kier alpha value is -2.82. The molecule has 29 heavy (non-hydrogen) atoms. The quantitative estimate of drug-likeness (QED) is 0.762. The number of piperidine rings is 1. The standard InChI is InChI=1S/C24H30N2O3/c1-17(2)16-29-22-6-4-5-20(15-22)23(27)25-21-9-7-19(8-10-21)24(28)26-13-11-18(3)12-14-26/h4-10,15,17-18H,11-14,16H2,1-3H3,(H,25,27). The van der Waals surface area contributed by atoms with E-state index < -0.39 is 0 Å². The zero-order chi connectivity index (χ0) is 20.8. The molecule has 5 nitrogen and oxygen atoms in total. The number of anilines is 1. The minimum absolute atomic E-state index is 0.0600. The highest BCUT2D eigenvalue weighted by Gasteiger charge is 2.21. The summed E-state index contributed by atoms with van der Waals surface area (Å²) >= 11 is 0. The Kier molecular flexibility index (Phi) is 6.91. The van der Waals surface area contributed by atoms with Crippen LogP contribution in [0.25, 0.3) is 0 Å². The molecule has 1 heterocycles. The first-order valence-corrected chi connectivity index (χ1v) is 10.4. The molecule has 0 spiro atoms. The zero-order valence-electron chi connectivity index (χ0n) is 17.5. The number of hydrogen-bond donors (Lipinski definition) is 1. The Balaban J connectivity index is 1.60. The number of amides is 2. The first-order chi connectivity index (χ1) is 13.9. The van der Waals surface area contributed by atoms with E-state index in [1.165, 1.54) is 0 Å². The molecule has 2 amide bonds. The second kappa shape index (κ2) is 9.59. The smallest absolute Gasteiger partial charge is 0.255 e. The van der Waals surface area contributed by atoms with Crippen LogP contribution in [-0.2, 0) is 0 Å². The van der Waals surface area contributed by atoms with Crippen molar-refractivity contribution in [3.63, 3.8) is 0 Å². The van der Waals surface area contributed by atoms with Crippen molar-refractivity contribution in [3.8, 4) is 5.75 Å². The van der Waals surface area contributed by atoms with Gasteiger partial charge in [0.2, 0.25) is 0 Å². The minimum Gasteiger partial charge on any atom is -0.493 e. The van der Waals surface area contributed by atoms with Crippen LogP contribution >= 0.6 is 0 Å². The predicted octanol–water partition coefficient (Wildman–Crippen LogP) is 4.85. The Labute approximate surface area is 173 Å². The maximum absolute atomic E-state index is 12.6. The fourth-order valence-electron chi connectivity index (χ4n) is 3.28. The van der Waals surface area contributed by atoms with Gasteiger partial charge in [-0.15, -0.1) is 0 Å². The summed E-state index contributed by atoms with van der Waals surface area (Å²) in [5.74, 6) is 1.64. The summed E-state index contributed by atoms with van der Waals surface area (Å²) in [5, 5.41) is 2.88. The lowest BCUT2D eigenvalue weighted by Gasteiger charge is -2.30. The van der Waals surface area contributed by atoms with Crippen molar-refractivity contribution in [3.05, 3.63) is 59.7 Å². The largest absolute Gasteiger partial charge is 0.493 e. The van der Waals surface area contributed by atoms with Gasteiger partial charge < -0.3 is 15.0 Å². The van der Waals surface area contributed by atoms with Crippen LogP contribution in [0.4, 0.5) is 5.69 Å². The lowest BCUT2D eigenvalue weighted by molar-refractivity contribution is 0.0697. The molecule has 1 aliphatic heterocycles. The Morgan fingerprint density at radius 2 is 1.76 bits per heavy atom. The van der Waals surface area contributed by atoms with Crippen LogP contribution < -0.4 is 10.1 Å². The third-order valence-corrected chi connectivity index (χ3v) is 5.14. The van der Waals surface area contributed by atoms with Gasteiger partial charge >= 0.3 is 0 Å². The number of benzene rings is 2. The highest BCUT2D eigenvalue weighted by Crippen LogP contribution is 2.20. The van der Waals surface area contributed by atoms with Gasteiger partial charge in [-0.1, -0.05) is 26.8 Å². The van der Waals surface area contributed by atoms with Crippen molar-refractivity contribution in [2.75, 3.05) is 25.0 Å². The van der Waals surface area contributed by atoms with E-state index in [0.717, 1.165) is 25.9 Å². The third-order valence-electron chi connectivity index (χ3n) is 5.14. The highest BCUT2D eigenvalue weighted by atomic mass is 16.5. The summed E-state index contributed by atoms with van der Waals surface area (Å²) in [6, 6.07) is 14.3. The SMILES string of the molecule is CC(C)COc1cccc(C(=O)Nc2ccc(C(=O)N3CCC(C)CC3)cc2)c1. The average molecular weight is 395 g/mol. The van der Waals surface area contributed by atoms with E-state index in [9.17, 15) is 9.59 Å². The van der Waals surface area contributed by atoms with Crippen LogP contribution in [0.5, 0.6) is 5.75 Å². The maximum atomic E-state index is 12.6. The van der Waals surface area contributed by atoms with E-state index in [1.807, 2.05) is 17.0 Å². The molecule has 0 aliphatic carbocycles. The molecule has 1 aliphatic rings. The lowest BCUT2D eigenvalue weighted by atomic mass is 9.98. The number of ether oxygens (including phenoxy) is 1. The van der Waals surface area contributed by atoms with Gasteiger partial charge in [0.25, 0.3) is 11.8 Å². The van der Waals surface area contributed by atoms with Crippen molar-refractivity contribution >= 4 is 17.5 Å². The van der Waals surface area contributed by atoms with E-state index in [1.54, 1.807) is 36.4 Å². The molecule has 0 atom stereocenters. The molecule has 1 saturated heterocycles. The van der Waals surface area contributed by atoms with E-state index >= 15 is 0 Å². The summed E-state index contributed by atoms with van der Waals surface area (Å²) in [6.07, 6.45) is 2.11. The molecule has 3 rings (SSSR count). The van der Waals surface area contributed by atoms with Crippen LogP contribution in [-0.4, -0.2) is 36.4 Å². The topological polar surface area (TPSA) is 58.6 Å². The van der Waals surface area contributed by atoms with E-state index in [0.29, 0.717) is 41.0 Å². The van der Waals surface area contributed by atoms with Crippen LogP contribution in [0, 0.1) is 11.8 Å². The molecule has 2 aromatic rings. The fourth-order valence-corrected chi connectivity index (χ4v) is 3.28. The molecule has 2 aromatic carbocycles. The molecule has 5 heteroatoms. The molecule has 154 valence electrons. The Morgan fingerprint density at radius 3 is 2.41 bits per heavy atom. The third kappa shape index (κ3) is 5.83.